The first-order chi connectivity index (χ1) is 8.35. The Balaban J connectivity index is 2.24. The van der Waals surface area contributed by atoms with Crippen LogP contribution in [0.25, 0.3) is 6.08 Å². The average Bonchev–Trinajstić information content (AvgIpc) is 2.37. The van der Waals surface area contributed by atoms with Crippen LogP contribution in [0, 0.1) is 0 Å². The summed E-state index contributed by atoms with van der Waals surface area (Å²) in [5.41, 5.74) is 4.13. The lowest BCUT2D eigenvalue weighted by Crippen LogP contribution is -2.24. The quantitative estimate of drug-likeness (QED) is 0.733. The molecule has 90 valence electrons. The second-order valence-electron chi connectivity index (χ2n) is 4.62. The fourth-order valence-corrected chi connectivity index (χ4v) is 2.35. The summed E-state index contributed by atoms with van der Waals surface area (Å²) < 4.78 is 0. The first-order valence-corrected chi connectivity index (χ1v) is 6.52. The maximum atomic E-state index is 3.86. The third kappa shape index (κ3) is 2.79. The van der Waals surface area contributed by atoms with E-state index in [1.807, 2.05) is 6.08 Å². The molecule has 17 heavy (non-hydrogen) atoms. The summed E-state index contributed by atoms with van der Waals surface area (Å²) in [7, 11) is 0. The van der Waals surface area contributed by atoms with Crippen LogP contribution >= 0.6 is 0 Å². The van der Waals surface area contributed by atoms with Gasteiger partial charge in [-0.05, 0) is 36.5 Å². The molecule has 2 rings (SSSR count). The van der Waals surface area contributed by atoms with Crippen molar-refractivity contribution in [2.45, 2.75) is 38.6 Å². The van der Waals surface area contributed by atoms with Crippen molar-refractivity contribution in [2.24, 2.45) is 0 Å². The molecule has 1 aromatic rings. The van der Waals surface area contributed by atoms with Crippen LogP contribution in [-0.4, -0.2) is 0 Å². The molecule has 0 saturated heterocycles. The zero-order valence-corrected chi connectivity index (χ0v) is 10.6. The van der Waals surface area contributed by atoms with E-state index in [0.29, 0.717) is 6.04 Å². The van der Waals surface area contributed by atoms with E-state index in [1.165, 1.54) is 29.7 Å². The lowest BCUT2D eigenvalue weighted by atomic mass is 9.93. The number of hydrogen-bond acceptors (Lipinski definition) is 1. The summed E-state index contributed by atoms with van der Waals surface area (Å²) in [4.78, 5) is 0. The van der Waals surface area contributed by atoms with Crippen molar-refractivity contribution >= 4 is 6.08 Å². The highest BCUT2D eigenvalue weighted by Gasteiger charge is 2.18. The molecule has 1 heterocycles. The van der Waals surface area contributed by atoms with Gasteiger partial charge < -0.3 is 5.32 Å². The van der Waals surface area contributed by atoms with Gasteiger partial charge in [-0.1, -0.05) is 43.7 Å². The van der Waals surface area contributed by atoms with Crippen LogP contribution in [0.15, 0.2) is 42.6 Å². The Hall–Kier alpha value is -1.50. The topological polar surface area (TPSA) is 12.0 Å². The summed E-state index contributed by atoms with van der Waals surface area (Å²) in [6, 6.07) is 9.05. The van der Waals surface area contributed by atoms with E-state index < -0.39 is 0 Å². The molecule has 1 unspecified atom stereocenters. The second kappa shape index (κ2) is 5.72. The predicted octanol–water partition coefficient (Wildman–Crippen LogP) is 4.44. The van der Waals surface area contributed by atoms with Crippen molar-refractivity contribution < 1.29 is 0 Å². The van der Waals surface area contributed by atoms with E-state index in [-0.39, 0.29) is 0 Å². The van der Waals surface area contributed by atoms with Crippen LogP contribution in [-0.2, 0) is 0 Å². The molecule has 1 aliphatic rings. The van der Waals surface area contributed by atoms with Crippen LogP contribution in [0.4, 0.5) is 0 Å². The molecule has 1 aliphatic heterocycles. The number of fused-ring (bicyclic) bond motifs is 1. The Morgan fingerprint density at radius 2 is 2.18 bits per heavy atom. The summed E-state index contributed by atoms with van der Waals surface area (Å²) in [6.07, 6.45) is 8.93. The lowest BCUT2D eigenvalue weighted by molar-refractivity contribution is 0.572. The fourth-order valence-electron chi connectivity index (χ4n) is 2.35. The Bertz CT molecular complexity index is 417. The molecule has 1 N–H and O–H groups in total. The molecule has 0 radical (unpaired) electrons. The third-order valence-corrected chi connectivity index (χ3v) is 3.26. The number of allylic oxidation sites excluding steroid dienone is 1. The van der Waals surface area contributed by atoms with Crippen LogP contribution in [0.5, 0.6) is 0 Å². The Kier molecular flexibility index (Phi) is 4.03. The third-order valence-electron chi connectivity index (χ3n) is 3.26. The van der Waals surface area contributed by atoms with Gasteiger partial charge in [-0.15, -0.1) is 6.58 Å². The van der Waals surface area contributed by atoms with Gasteiger partial charge in [0.1, 0.15) is 0 Å². The summed E-state index contributed by atoms with van der Waals surface area (Å²) >= 11 is 0. The van der Waals surface area contributed by atoms with E-state index in [4.69, 9.17) is 0 Å². The molecule has 1 aromatic carbocycles. The van der Waals surface area contributed by atoms with Crippen molar-refractivity contribution in [3.63, 3.8) is 0 Å². The van der Waals surface area contributed by atoms with Gasteiger partial charge in [0.05, 0.1) is 6.04 Å². The number of benzene rings is 1. The average molecular weight is 227 g/mol. The molecule has 0 saturated carbocycles. The van der Waals surface area contributed by atoms with E-state index >= 15 is 0 Å². The highest BCUT2D eigenvalue weighted by atomic mass is 14.9. The largest absolute Gasteiger partial charge is 0.381 e. The van der Waals surface area contributed by atoms with Crippen LogP contribution in [0.2, 0.25) is 0 Å². The van der Waals surface area contributed by atoms with Gasteiger partial charge in [0.2, 0.25) is 0 Å². The Morgan fingerprint density at radius 3 is 2.94 bits per heavy atom. The van der Waals surface area contributed by atoms with Crippen LogP contribution in [0.3, 0.4) is 0 Å². The minimum absolute atomic E-state index is 0.403. The van der Waals surface area contributed by atoms with Crippen molar-refractivity contribution in [3.05, 3.63) is 53.7 Å². The summed E-state index contributed by atoms with van der Waals surface area (Å²) in [6.45, 7) is 6.09. The summed E-state index contributed by atoms with van der Waals surface area (Å²) in [5, 5.41) is 3.64. The van der Waals surface area contributed by atoms with Crippen LogP contribution in [0.1, 0.15) is 49.8 Å². The van der Waals surface area contributed by atoms with Crippen LogP contribution < -0.4 is 5.32 Å². The number of nitrogens with one attached hydrogen (secondary N) is 1. The maximum Gasteiger partial charge on any atom is 0.0551 e. The van der Waals surface area contributed by atoms with Gasteiger partial charge in [-0.25, -0.2) is 0 Å². The molecule has 0 aromatic heterocycles. The Morgan fingerprint density at radius 1 is 1.35 bits per heavy atom. The van der Waals surface area contributed by atoms with Gasteiger partial charge in [0.15, 0.2) is 0 Å². The molecule has 0 aliphatic carbocycles. The highest BCUT2D eigenvalue weighted by molar-refractivity contribution is 5.60. The minimum atomic E-state index is 0.403. The lowest BCUT2D eigenvalue weighted by Gasteiger charge is -2.27. The molecular formula is C16H21N. The zero-order valence-electron chi connectivity index (χ0n) is 10.6. The standard InChI is InChI=1S/C16H21N/c1-3-5-10-14-12-13-9-6-7-11-15(13)16(17-14)8-4-2/h4,6-7,9,11-12,16-17H,2-3,5,8,10H2,1H3. The number of hydrogen-bond donors (Lipinski definition) is 1. The molecule has 0 amide bonds. The maximum absolute atomic E-state index is 3.86. The number of rotatable bonds is 5. The smallest absolute Gasteiger partial charge is 0.0551 e. The van der Waals surface area contributed by atoms with Gasteiger partial charge >= 0.3 is 0 Å². The molecule has 0 bridgehead atoms. The normalized spacial score (nSPS) is 17.9. The first-order valence-electron chi connectivity index (χ1n) is 6.52. The molecule has 0 spiro atoms. The predicted molar refractivity (Wildman–Crippen MR) is 74.6 cm³/mol. The molecule has 1 heteroatoms. The SMILES string of the molecule is C=CCC1NC(CCCC)=Cc2ccccc21. The molecule has 1 nitrogen and oxygen atoms in total. The summed E-state index contributed by atoms with van der Waals surface area (Å²) in [5.74, 6) is 0. The van der Waals surface area contributed by atoms with Gasteiger partial charge in [0, 0.05) is 5.70 Å². The second-order valence-corrected chi connectivity index (χ2v) is 4.62. The van der Waals surface area contributed by atoms with E-state index in [2.05, 4.69) is 49.2 Å². The van der Waals surface area contributed by atoms with Crippen molar-refractivity contribution in [2.75, 3.05) is 0 Å². The van der Waals surface area contributed by atoms with Gasteiger partial charge in [-0.3, -0.25) is 0 Å². The highest BCUT2D eigenvalue weighted by Crippen LogP contribution is 2.29. The van der Waals surface area contributed by atoms with Crippen molar-refractivity contribution in [1.29, 1.82) is 0 Å². The zero-order chi connectivity index (χ0) is 12.1. The minimum Gasteiger partial charge on any atom is -0.381 e. The van der Waals surface area contributed by atoms with Gasteiger partial charge in [-0.2, -0.15) is 0 Å². The van der Waals surface area contributed by atoms with Gasteiger partial charge in [0.25, 0.3) is 0 Å². The fraction of sp³-hybridized carbons (Fsp3) is 0.375. The van der Waals surface area contributed by atoms with E-state index in [1.54, 1.807) is 0 Å². The molecule has 0 fully saturated rings. The first kappa shape index (κ1) is 12.0. The molecule has 1 atom stereocenters. The van der Waals surface area contributed by atoms with E-state index in [0.717, 1.165) is 12.8 Å². The monoisotopic (exact) mass is 227 g/mol. The van der Waals surface area contributed by atoms with E-state index in [9.17, 15) is 0 Å². The molecular weight excluding hydrogens is 206 g/mol. The Labute approximate surface area is 104 Å². The van der Waals surface area contributed by atoms with Crippen molar-refractivity contribution in [3.8, 4) is 0 Å². The van der Waals surface area contributed by atoms with Crippen molar-refractivity contribution in [1.82, 2.24) is 5.32 Å². The number of unbranched alkanes of at least 4 members (excludes halogenated alkanes) is 1.